The van der Waals surface area contributed by atoms with Crippen LogP contribution in [0.25, 0.3) is 0 Å². The molecule has 134 valence electrons. The molecule has 0 N–H and O–H groups in total. The highest BCUT2D eigenvalue weighted by Crippen LogP contribution is 2.60. The molecule has 0 aromatic carbocycles. The minimum Gasteiger partial charge on any atom is -0.200 e. The third-order valence-electron chi connectivity index (χ3n) is 2.42. The first-order chi connectivity index (χ1) is 9.31. The molecule has 0 atom stereocenters. The largest absolute Gasteiger partial charge is 0.460 e. The van der Waals surface area contributed by atoms with Crippen molar-refractivity contribution in [1.29, 1.82) is 0 Å². The lowest BCUT2D eigenvalue weighted by atomic mass is 9.93. The first kappa shape index (κ1) is 21.4. The van der Waals surface area contributed by atoms with Crippen LogP contribution in [0, 0.1) is 0 Å². The van der Waals surface area contributed by atoms with Crippen molar-refractivity contribution in [3.05, 3.63) is 0 Å². The maximum atomic E-state index is 12.9. The number of hydrogen-bond donors (Lipinski definition) is 1. The van der Waals surface area contributed by atoms with Crippen LogP contribution >= 0.6 is 12.6 Å². The van der Waals surface area contributed by atoms with E-state index in [9.17, 15) is 57.1 Å². The van der Waals surface area contributed by atoms with E-state index in [4.69, 9.17) is 0 Å². The normalized spacial score (nSPS) is 16.1. The fourth-order valence-electron chi connectivity index (χ4n) is 1.10. The molecule has 22 heavy (non-hydrogen) atoms. The Bertz CT molecular complexity index is 395. The van der Waals surface area contributed by atoms with Crippen molar-refractivity contribution < 1.29 is 57.1 Å². The average Bonchev–Trinajstić information content (AvgIpc) is 2.26. The predicted octanol–water partition coefficient (Wildman–Crippen LogP) is 5.05. The van der Waals surface area contributed by atoms with E-state index in [1.807, 2.05) is 0 Å². The van der Waals surface area contributed by atoms with E-state index in [2.05, 4.69) is 12.6 Å². The molecule has 0 aromatic heterocycles. The Labute approximate surface area is 119 Å². The fourth-order valence-corrected chi connectivity index (χ4v) is 1.38. The highest BCUT2D eigenvalue weighted by Gasteiger charge is 2.90. The maximum absolute atomic E-state index is 12.9. The Morgan fingerprint density at radius 2 is 0.818 bits per heavy atom. The number of thiol groups is 1. The summed E-state index contributed by atoms with van der Waals surface area (Å²) in [6, 6.07) is 0. The molecule has 0 saturated carbocycles. The van der Waals surface area contributed by atoms with Crippen LogP contribution in [0.1, 0.15) is 6.42 Å². The fraction of sp³-hybridized carbons (Fsp3) is 1.00. The standard InChI is InChI=1S/C8H5F13S/c9-3(10,1-2-22)4(11,12)5(13,14)6(15,16)7(17,18)8(19,20)21/h22H,1-2H2. The molecule has 0 heterocycles. The van der Waals surface area contributed by atoms with Crippen molar-refractivity contribution in [2.24, 2.45) is 0 Å². The molecule has 0 rings (SSSR count). The average molecular weight is 380 g/mol. The van der Waals surface area contributed by atoms with Gasteiger partial charge in [0.1, 0.15) is 0 Å². The molecule has 0 nitrogen and oxygen atoms in total. The number of hydrogen-bond acceptors (Lipinski definition) is 1. The molecule has 0 aliphatic carbocycles. The van der Waals surface area contributed by atoms with Gasteiger partial charge in [-0.3, -0.25) is 0 Å². The van der Waals surface area contributed by atoms with Gasteiger partial charge < -0.3 is 0 Å². The Morgan fingerprint density at radius 1 is 0.500 bits per heavy atom. The van der Waals surface area contributed by atoms with Gasteiger partial charge in [-0.2, -0.15) is 69.7 Å². The van der Waals surface area contributed by atoms with E-state index in [0.29, 0.717) is 0 Å². The van der Waals surface area contributed by atoms with Crippen molar-refractivity contribution in [3.8, 4) is 0 Å². The molecule has 0 bridgehead atoms. The van der Waals surface area contributed by atoms with Crippen molar-refractivity contribution >= 4 is 12.6 Å². The van der Waals surface area contributed by atoms with Crippen LogP contribution in [0.4, 0.5) is 57.1 Å². The lowest BCUT2D eigenvalue weighted by Gasteiger charge is -2.39. The van der Waals surface area contributed by atoms with Crippen LogP contribution in [0.15, 0.2) is 0 Å². The quantitative estimate of drug-likeness (QED) is 0.484. The first-order valence-corrected chi connectivity index (χ1v) is 5.51. The SMILES string of the molecule is FC(F)(F)C(F)(F)C(F)(F)C(F)(F)C(F)(F)C(F)(F)CCS. The molecule has 0 unspecified atom stereocenters. The lowest BCUT2D eigenvalue weighted by molar-refractivity contribution is -0.439. The van der Waals surface area contributed by atoms with Crippen molar-refractivity contribution in [2.45, 2.75) is 42.2 Å². The molecule has 0 amide bonds. The van der Waals surface area contributed by atoms with E-state index < -0.39 is 48.0 Å². The number of rotatable bonds is 6. The summed E-state index contributed by atoms with van der Waals surface area (Å²) in [5, 5.41) is 0. The highest BCUT2D eigenvalue weighted by molar-refractivity contribution is 7.80. The molecular weight excluding hydrogens is 375 g/mol. The molecule has 14 heteroatoms. The third kappa shape index (κ3) is 2.82. The number of halogens is 13. The van der Waals surface area contributed by atoms with Gasteiger partial charge in [0.15, 0.2) is 0 Å². The van der Waals surface area contributed by atoms with E-state index in [-0.39, 0.29) is 0 Å². The molecular formula is C8H5F13S. The second-order valence-electron chi connectivity index (χ2n) is 3.97. The van der Waals surface area contributed by atoms with E-state index in [1.165, 1.54) is 0 Å². The van der Waals surface area contributed by atoms with E-state index >= 15 is 0 Å². The molecule has 0 aromatic rings. The topological polar surface area (TPSA) is 0 Å². The van der Waals surface area contributed by atoms with Gasteiger partial charge in [-0.25, -0.2) is 0 Å². The second-order valence-corrected chi connectivity index (χ2v) is 4.42. The first-order valence-electron chi connectivity index (χ1n) is 4.88. The summed E-state index contributed by atoms with van der Waals surface area (Å²) in [6.07, 6.45) is -9.65. The lowest BCUT2D eigenvalue weighted by Crippen LogP contribution is -2.70. The van der Waals surface area contributed by atoms with Gasteiger partial charge in [-0.05, 0) is 5.75 Å². The van der Waals surface area contributed by atoms with Crippen molar-refractivity contribution in [1.82, 2.24) is 0 Å². The van der Waals surface area contributed by atoms with E-state index in [1.54, 1.807) is 0 Å². The predicted molar refractivity (Wildman–Crippen MR) is 49.3 cm³/mol. The van der Waals surface area contributed by atoms with Crippen molar-refractivity contribution in [2.75, 3.05) is 5.75 Å². The van der Waals surface area contributed by atoms with Crippen LogP contribution < -0.4 is 0 Å². The smallest absolute Gasteiger partial charge is 0.200 e. The Kier molecular flexibility index (Phi) is 5.37. The summed E-state index contributed by atoms with van der Waals surface area (Å²) in [7, 11) is 0. The zero-order chi connectivity index (χ0) is 18.4. The minimum atomic E-state index is -7.83. The van der Waals surface area contributed by atoms with Gasteiger partial charge in [0.05, 0.1) is 0 Å². The van der Waals surface area contributed by atoms with Gasteiger partial charge in [-0.15, -0.1) is 0 Å². The van der Waals surface area contributed by atoms with Crippen LogP contribution in [0.5, 0.6) is 0 Å². The van der Waals surface area contributed by atoms with Gasteiger partial charge in [0.2, 0.25) is 0 Å². The molecule has 0 aliphatic heterocycles. The van der Waals surface area contributed by atoms with Crippen LogP contribution in [-0.2, 0) is 0 Å². The van der Waals surface area contributed by atoms with Gasteiger partial charge in [0, 0.05) is 6.42 Å². The summed E-state index contributed by atoms with van der Waals surface area (Å²) in [5.41, 5.74) is 0. The molecule has 0 saturated heterocycles. The number of alkyl halides is 13. The zero-order valence-corrected chi connectivity index (χ0v) is 10.7. The molecule has 0 aliphatic rings. The Morgan fingerprint density at radius 3 is 1.09 bits per heavy atom. The van der Waals surface area contributed by atoms with E-state index in [0.717, 1.165) is 0 Å². The van der Waals surface area contributed by atoms with Gasteiger partial charge in [0.25, 0.3) is 0 Å². The van der Waals surface area contributed by atoms with Gasteiger partial charge >= 0.3 is 35.8 Å². The summed E-state index contributed by atoms with van der Waals surface area (Å²) in [6.45, 7) is 0. The Hall–Kier alpha value is -0.560. The maximum Gasteiger partial charge on any atom is 0.460 e. The molecule has 0 radical (unpaired) electrons. The minimum absolute atomic E-state index is 1.26. The summed E-state index contributed by atoms with van der Waals surface area (Å²) < 4.78 is 162. The molecule has 0 fully saturated rings. The van der Waals surface area contributed by atoms with Crippen molar-refractivity contribution in [3.63, 3.8) is 0 Å². The zero-order valence-electron chi connectivity index (χ0n) is 9.77. The van der Waals surface area contributed by atoms with Crippen LogP contribution in [-0.4, -0.2) is 41.5 Å². The molecule has 0 spiro atoms. The van der Waals surface area contributed by atoms with Crippen LogP contribution in [0.2, 0.25) is 0 Å². The summed E-state index contributed by atoms with van der Waals surface area (Å²) >= 11 is 2.94. The van der Waals surface area contributed by atoms with Gasteiger partial charge in [-0.1, -0.05) is 0 Å². The second kappa shape index (κ2) is 5.51. The monoisotopic (exact) mass is 380 g/mol. The van der Waals surface area contributed by atoms with Crippen LogP contribution in [0.3, 0.4) is 0 Å². The third-order valence-corrected chi connectivity index (χ3v) is 2.65. The Balaban J connectivity index is 6.11. The summed E-state index contributed by atoms with van der Waals surface area (Å²) in [4.78, 5) is 0. The highest BCUT2D eigenvalue weighted by atomic mass is 32.1. The summed E-state index contributed by atoms with van der Waals surface area (Å²) in [5.74, 6) is -37.7.